The summed E-state index contributed by atoms with van der Waals surface area (Å²) in [5.74, 6) is -0.121. The Bertz CT molecular complexity index is 596. The van der Waals surface area contributed by atoms with Gasteiger partial charge in [0.1, 0.15) is 0 Å². The van der Waals surface area contributed by atoms with Gasteiger partial charge in [-0.05, 0) is 48.5 Å². The maximum atomic E-state index is 12.1. The average molecular weight is 232 g/mol. The van der Waals surface area contributed by atoms with Crippen molar-refractivity contribution < 1.29 is 4.79 Å². The molecule has 0 aliphatic heterocycles. The molecule has 2 rings (SSSR count). The van der Waals surface area contributed by atoms with E-state index in [4.69, 9.17) is 10.5 Å². The number of hydrogen-bond acceptors (Lipinski definition) is 3. The van der Waals surface area contributed by atoms with Crippen molar-refractivity contribution in [3.05, 3.63) is 70.8 Å². The molecule has 0 radical (unpaired) electrons. The van der Waals surface area contributed by atoms with E-state index < -0.39 is 0 Å². The summed E-state index contributed by atoms with van der Waals surface area (Å²) in [7, 11) is 0. The Labute approximate surface area is 105 Å². The summed E-state index contributed by atoms with van der Waals surface area (Å²) in [5, 5.41) is 17.4. The van der Waals surface area contributed by atoms with Crippen LogP contribution in [0.3, 0.4) is 0 Å². The smallest absolute Gasteiger partial charge is 0.193 e. The van der Waals surface area contributed by atoms with Gasteiger partial charge in [-0.15, -0.1) is 0 Å². The van der Waals surface area contributed by atoms with Crippen LogP contribution in [0.4, 0.5) is 0 Å². The molecule has 84 valence electrons. The second-order valence-electron chi connectivity index (χ2n) is 3.71. The normalized spacial score (nSPS) is 9.22. The molecule has 0 aliphatic rings. The Morgan fingerprint density at radius 2 is 1.06 bits per heavy atom. The summed E-state index contributed by atoms with van der Waals surface area (Å²) in [5.41, 5.74) is 2.09. The molecule has 0 amide bonds. The van der Waals surface area contributed by atoms with E-state index in [1.165, 1.54) is 0 Å². The molecule has 0 bridgehead atoms. The maximum Gasteiger partial charge on any atom is 0.193 e. The first kappa shape index (κ1) is 11.6. The summed E-state index contributed by atoms with van der Waals surface area (Å²) in [6.45, 7) is 0. The number of nitrogens with zero attached hydrogens (tertiary/aromatic N) is 2. The van der Waals surface area contributed by atoms with Crippen molar-refractivity contribution in [3.8, 4) is 12.1 Å². The number of carbonyl (C=O) groups excluding carboxylic acids is 1. The molecule has 0 heterocycles. The molecule has 0 saturated heterocycles. The maximum absolute atomic E-state index is 12.1. The Kier molecular flexibility index (Phi) is 3.18. The Balaban J connectivity index is 2.30. The minimum Gasteiger partial charge on any atom is -0.289 e. The highest BCUT2D eigenvalue weighted by Crippen LogP contribution is 2.11. The van der Waals surface area contributed by atoms with Crippen LogP contribution in [-0.2, 0) is 0 Å². The van der Waals surface area contributed by atoms with Crippen LogP contribution in [0.5, 0.6) is 0 Å². The van der Waals surface area contributed by atoms with Crippen LogP contribution in [-0.4, -0.2) is 5.78 Å². The summed E-state index contributed by atoms with van der Waals surface area (Å²) >= 11 is 0. The van der Waals surface area contributed by atoms with Crippen LogP contribution in [0.2, 0.25) is 0 Å². The molecule has 0 aliphatic carbocycles. The minimum absolute atomic E-state index is 0.121. The Morgan fingerprint density at radius 1 is 0.722 bits per heavy atom. The number of rotatable bonds is 2. The van der Waals surface area contributed by atoms with E-state index >= 15 is 0 Å². The summed E-state index contributed by atoms with van der Waals surface area (Å²) in [6, 6.07) is 16.9. The molecular formula is C15H8N2O. The first-order chi connectivity index (χ1) is 8.74. The lowest BCUT2D eigenvalue weighted by atomic mass is 10.0. The van der Waals surface area contributed by atoms with Gasteiger partial charge in [0.05, 0.1) is 23.3 Å². The quantitative estimate of drug-likeness (QED) is 0.747. The minimum atomic E-state index is -0.121. The van der Waals surface area contributed by atoms with Gasteiger partial charge in [-0.25, -0.2) is 0 Å². The van der Waals surface area contributed by atoms with E-state index in [1.54, 1.807) is 48.5 Å². The second-order valence-corrected chi connectivity index (χ2v) is 3.71. The van der Waals surface area contributed by atoms with E-state index in [0.717, 1.165) is 0 Å². The number of carbonyl (C=O) groups is 1. The van der Waals surface area contributed by atoms with Crippen molar-refractivity contribution in [2.75, 3.05) is 0 Å². The lowest BCUT2D eigenvalue weighted by Gasteiger charge is -2.01. The lowest BCUT2D eigenvalue weighted by molar-refractivity contribution is 0.103. The van der Waals surface area contributed by atoms with Gasteiger partial charge in [0.2, 0.25) is 0 Å². The van der Waals surface area contributed by atoms with Gasteiger partial charge in [-0.3, -0.25) is 4.79 Å². The fourth-order valence-corrected chi connectivity index (χ4v) is 1.56. The summed E-state index contributed by atoms with van der Waals surface area (Å²) in [6.07, 6.45) is 0. The third-order valence-electron chi connectivity index (χ3n) is 2.55. The van der Waals surface area contributed by atoms with Gasteiger partial charge in [-0.1, -0.05) is 0 Å². The number of nitriles is 2. The lowest BCUT2D eigenvalue weighted by Crippen LogP contribution is -2.00. The van der Waals surface area contributed by atoms with E-state index in [9.17, 15) is 4.79 Å². The number of hydrogen-bond donors (Lipinski definition) is 0. The van der Waals surface area contributed by atoms with Crippen LogP contribution >= 0.6 is 0 Å². The van der Waals surface area contributed by atoms with Crippen molar-refractivity contribution in [1.82, 2.24) is 0 Å². The Hall–Kier alpha value is -2.91. The fourth-order valence-electron chi connectivity index (χ4n) is 1.56. The molecule has 0 aromatic heterocycles. The highest BCUT2D eigenvalue weighted by atomic mass is 16.1. The molecular weight excluding hydrogens is 224 g/mol. The summed E-state index contributed by atoms with van der Waals surface area (Å²) < 4.78 is 0. The molecule has 0 unspecified atom stereocenters. The van der Waals surface area contributed by atoms with Crippen LogP contribution in [0.15, 0.2) is 48.5 Å². The van der Waals surface area contributed by atoms with Gasteiger partial charge in [-0.2, -0.15) is 10.5 Å². The number of ketones is 1. The van der Waals surface area contributed by atoms with Gasteiger partial charge < -0.3 is 0 Å². The largest absolute Gasteiger partial charge is 0.289 e. The molecule has 0 saturated carbocycles. The zero-order valence-corrected chi connectivity index (χ0v) is 9.42. The molecule has 3 heteroatoms. The molecule has 0 fully saturated rings. The monoisotopic (exact) mass is 232 g/mol. The Morgan fingerprint density at radius 3 is 1.33 bits per heavy atom. The van der Waals surface area contributed by atoms with E-state index in [1.807, 2.05) is 12.1 Å². The van der Waals surface area contributed by atoms with E-state index in [2.05, 4.69) is 0 Å². The van der Waals surface area contributed by atoms with Gasteiger partial charge in [0, 0.05) is 11.1 Å². The third kappa shape index (κ3) is 2.26. The SMILES string of the molecule is N#Cc1ccc(C(=O)c2ccc(C#N)cc2)cc1. The van der Waals surface area contributed by atoms with Crippen LogP contribution in [0.1, 0.15) is 27.0 Å². The average Bonchev–Trinajstić information content (AvgIpc) is 2.47. The van der Waals surface area contributed by atoms with Crippen molar-refractivity contribution in [3.63, 3.8) is 0 Å². The van der Waals surface area contributed by atoms with Crippen LogP contribution < -0.4 is 0 Å². The summed E-state index contributed by atoms with van der Waals surface area (Å²) in [4.78, 5) is 12.1. The molecule has 2 aromatic carbocycles. The standard InChI is InChI=1S/C15H8N2O/c16-9-11-1-5-13(6-2-11)15(18)14-7-3-12(10-17)4-8-14/h1-8H. The molecule has 0 atom stereocenters. The van der Waals surface area contributed by atoms with Crippen molar-refractivity contribution >= 4 is 5.78 Å². The molecule has 0 N–H and O–H groups in total. The predicted octanol–water partition coefficient (Wildman–Crippen LogP) is 2.66. The van der Waals surface area contributed by atoms with Gasteiger partial charge in [0.25, 0.3) is 0 Å². The third-order valence-corrected chi connectivity index (χ3v) is 2.55. The molecule has 2 aromatic rings. The fraction of sp³-hybridized carbons (Fsp3) is 0. The van der Waals surface area contributed by atoms with Crippen molar-refractivity contribution in [1.29, 1.82) is 10.5 Å². The van der Waals surface area contributed by atoms with Crippen molar-refractivity contribution in [2.45, 2.75) is 0 Å². The number of benzene rings is 2. The molecule has 18 heavy (non-hydrogen) atoms. The first-order valence-corrected chi connectivity index (χ1v) is 5.29. The first-order valence-electron chi connectivity index (χ1n) is 5.29. The van der Waals surface area contributed by atoms with Gasteiger partial charge >= 0.3 is 0 Å². The molecule has 3 nitrogen and oxygen atoms in total. The predicted molar refractivity (Wildman–Crippen MR) is 65.7 cm³/mol. The topological polar surface area (TPSA) is 64.7 Å². The van der Waals surface area contributed by atoms with Crippen LogP contribution in [0, 0.1) is 22.7 Å². The highest BCUT2D eigenvalue weighted by Gasteiger charge is 2.08. The van der Waals surface area contributed by atoms with Gasteiger partial charge in [0.15, 0.2) is 5.78 Å². The molecule has 0 spiro atoms. The highest BCUT2D eigenvalue weighted by molar-refractivity contribution is 6.09. The van der Waals surface area contributed by atoms with Crippen LogP contribution in [0.25, 0.3) is 0 Å². The zero-order valence-electron chi connectivity index (χ0n) is 9.42. The van der Waals surface area contributed by atoms with E-state index in [0.29, 0.717) is 22.3 Å². The van der Waals surface area contributed by atoms with Crippen molar-refractivity contribution in [2.24, 2.45) is 0 Å². The van der Waals surface area contributed by atoms with E-state index in [-0.39, 0.29) is 5.78 Å². The zero-order chi connectivity index (χ0) is 13.0. The second kappa shape index (κ2) is 4.95.